The summed E-state index contributed by atoms with van der Waals surface area (Å²) < 4.78 is 25.9. The third kappa shape index (κ3) is 2.89. The summed E-state index contributed by atoms with van der Waals surface area (Å²) in [6.07, 6.45) is 1.49. The molecule has 0 amide bonds. The summed E-state index contributed by atoms with van der Waals surface area (Å²) in [7, 11) is 0. The summed E-state index contributed by atoms with van der Waals surface area (Å²) in [6, 6.07) is 3.68. The molecular formula is C11H13ClF2N2. The van der Waals surface area contributed by atoms with Gasteiger partial charge in [-0.1, -0.05) is 17.7 Å². The van der Waals surface area contributed by atoms with E-state index in [4.69, 9.17) is 11.6 Å². The lowest BCUT2D eigenvalue weighted by atomic mass is 10.1. The van der Waals surface area contributed by atoms with Crippen LogP contribution in [0.4, 0.5) is 8.78 Å². The molecule has 2 rings (SSSR count). The van der Waals surface area contributed by atoms with Crippen molar-refractivity contribution < 1.29 is 8.78 Å². The molecular weight excluding hydrogens is 234 g/mol. The maximum absolute atomic E-state index is 12.9. The van der Waals surface area contributed by atoms with E-state index in [-0.39, 0.29) is 12.8 Å². The van der Waals surface area contributed by atoms with E-state index < -0.39 is 5.92 Å². The molecule has 1 aromatic heterocycles. The highest BCUT2D eigenvalue weighted by Crippen LogP contribution is 2.28. The van der Waals surface area contributed by atoms with Crippen LogP contribution in [0.5, 0.6) is 0 Å². The largest absolute Gasteiger partial charge is 0.299 e. The van der Waals surface area contributed by atoms with Gasteiger partial charge in [-0.05, 0) is 6.07 Å². The molecule has 0 bridgehead atoms. The zero-order valence-corrected chi connectivity index (χ0v) is 9.55. The van der Waals surface area contributed by atoms with Gasteiger partial charge in [0.1, 0.15) is 5.15 Å². The number of alkyl halides is 2. The molecule has 0 radical (unpaired) electrons. The van der Waals surface area contributed by atoms with Gasteiger partial charge in [-0.15, -0.1) is 0 Å². The van der Waals surface area contributed by atoms with Crippen LogP contribution < -0.4 is 0 Å². The van der Waals surface area contributed by atoms with E-state index in [1.807, 2.05) is 11.0 Å². The van der Waals surface area contributed by atoms with Gasteiger partial charge >= 0.3 is 0 Å². The van der Waals surface area contributed by atoms with Crippen LogP contribution in [0.15, 0.2) is 18.3 Å². The Morgan fingerprint density at radius 3 is 2.69 bits per heavy atom. The lowest BCUT2D eigenvalue weighted by Gasteiger charge is -2.31. The Morgan fingerprint density at radius 1 is 1.38 bits per heavy atom. The summed E-state index contributed by atoms with van der Waals surface area (Å²) in [5, 5.41) is 0.458. The Bertz CT molecular complexity index is 361. The third-order valence-electron chi connectivity index (χ3n) is 2.82. The quantitative estimate of drug-likeness (QED) is 0.746. The second-order valence-corrected chi connectivity index (χ2v) is 4.44. The Hall–Kier alpha value is -0.740. The van der Waals surface area contributed by atoms with Crippen LogP contribution in [-0.2, 0) is 6.54 Å². The molecule has 5 heteroatoms. The summed E-state index contributed by atoms with van der Waals surface area (Å²) in [5.74, 6) is -2.49. The summed E-state index contributed by atoms with van der Waals surface area (Å²) in [6.45, 7) is 1.43. The standard InChI is InChI=1S/C11H13ClF2N2/c12-10-9(2-1-5-15-10)8-16-6-3-11(13,14)4-7-16/h1-2,5H,3-4,6-8H2. The topological polar surface area (TPSA) is 16.1 Å². The first kappa shape index (κ1) is 11.7. The second-order valence-electron chi connectivity index (χ2n) is 4.09. The molecule has 0 saturated carbocycles. The van der Waals surface area contributed by atoms with Gasteiger partial charge in [0.2, 0.25) is 0 Å². The minimum atomic E-state index is -2.49. The summed E-state index contributed by atoms with van der Waals surface area (Å²) >= 11 is 5.91. The van der Waals surface area contributed by atoms with Crippen molar-refractivity contribution in [3.63, 3.8) is 0 Å². The highest BCUT2D eigenvalue weighted by atomic mass is 35.5. The van der Waals surface area contributed by atoms with Crippen LogP contribution in [-0.4, -0.2) is 28.9 Å². The highest BCUT2D eigenvalue weighted by molar-refractivity contribution is 6.30. The van der Waals surface area contributed by atoms with Crippen molar-refractivity contribution in [1.29, 1.82) is 0 Å². The van der Waals surface area contributed by atoms with Crippen molar-refractivity contribution in [2.24, 2.45) is 0 Å². The molecule has 1 aromatic rings. The fraction of sp³-hybridized carbons (Fsp3) is 0.545. The average Bonchev–Trinajstić information content (AvgIpc) is 2.24. The van der Waals surface area contributed by atoms with E-state index in [9.17, 15) is 8.78 Å². The van der Waals surface area contributed by atoms with E-state index in [2.05, 4.69) is 4.98 Å². The van der Waals surface area contributed by atoms with Gasteiger partial charge in [0, 0.05) is 44.2 Å². The van der Waals surface area contributed by atoms with Gasteiger partial charge in [0.05, 0.1) is 0 Å². The van der Waals surface area contributed by atoms with E-state index >= 15 is 0 Å². The molecule has 0 aromatic carbocycles. The third-order valence-corrected chi connectivity index (χ3v) is 3.16. The molecule has 0 unspecified atom stereocenters. The molecule has 1 aliphatic rings. The van der Waals surface area contributed by atoms with Crippen molar-refractivity contribution >= 4 is 11.6 Å². The maximum atomic E-state index is 12.9. The van der Waals surface area contributed by atoms with Crippen LogP contribution in [0.2, 0.25) is 5.15 Å². The smallest absolute Gasteiger partial charge is 0.250 e. The molecule has 1 fully saturated rings. The fourth-order valence-electron chi connectivity index (χ4n) is 1.82. The first-order chi connectivity index (χ1) is 7.57. The predicted octanol–water partition coefficient (Wildman–Crippen LogP) is 2.97. The van der Waals surface area contributed by atoms with Gasteiger partial charge in [0.15, 0.2) is 0 Å². The molecule has 2 nitrogen and oxygen atoms in total. The van der Waals surface area contributed by atoms with Crippen LogP contribution >= 0.6 is 11.6 Å². The average molecular weight is 247 g/mol. The Balaban J connectivity index is 1.95. The Labute approximate surface area is 98.2 Å². The molecule has 0 spiro atoms. The SMILES string of the molecule is FC1(F)CCN(Cc2cccnc2Cl)CC1. The number of hydrogen-bond donors (Lipinski definition) is 0. The second kappa shape index (κ2) is 4.63. The summed E-state index contributed by atoms with van der Waals surface area (Å²) in [5.41, 5.74) is 0.898. The minimum Gasteiger partial charge on any atom is -0.299 e. The lowest BCUT2D eigenvalue weighted by Crippen LogP contribution is -2.38. The normalized spacial score (nSPS) is 20.9. The van der Waals surface area contributed by atoms with Crippen LogP contribution in [0.1, 0.15) is 18.4 Å². The van der Waals surface area contributed by atoms with Crippen molar-refractivity contribution in [3.05, 3.63) is 29.0 Å². The van der Waals surface area contributed by atoms with Crippen molar-refractivity contribution in [1.82, 2.24) is 9.88 Å². The number of hydrogen-bond acceptors (Lipinski definition) is 2. The molecule has 2 heterocycles. The number of likely N-dealkylation sites (tertiary alicyclic amines) is 1. The first-order valence-electron chi connectivity index (χ1n) is 5.26. The maximum Gasteiger partial charge on any atom is 0.250 e. The monoisotopic (exact) mass is 246 g/mol. The number of halogens is 3. The van der Waals surface area contributed by atoms with Crippen molar-refractivity contribution in [3.8, 4) is 0 Å². The molecule has 0 N–H and O–H groups in total. The highest BCUT2D eigenvalue weighted by Gasteiger charge is 2.33. The van der Waals surface area contributed by atoms with Crippen LogP contribution in [0.25, 0.3) is 0 Å². The predicted molar refractivity (Wildman–Crippen MR) is 58.7 cm³/mol. The lowest BCUT2D eigenvalue weighted by molar-refractivity contribution is -0.0566. The van der Waals surface area contributed by atoms with E-state index in [1.54, 1.807) is 12.3 Å². The van der Waals surface area contributed by atoms with Gasteiger partial charge in [0.25, 0.3) is 5.92 Å². The zero-order chi connectivity index (χ0) is 11.6. The van der Waals surface area contributed by atoms with Crippen molar-refractivity contribution in [2.45, 2.75) is 25.3 Å². The Morgan fingerprint density at radius 2 is 2.06 bits per heavy atom. The number of rotatable bonds is 2. The van der Waals surface area contributed by atoms with Gasteiger partial charge in [-0.2, -0.15) is 0 Å². The molecule has 16 heavy (non-hydrogen) atoms. The fourth-order valence-corrected chi connectivity index (χ4v) is 2.00. The van der Waals surface area contributed by atoms with E-state index in [1.165, 1.54) is 0 Å². The molecule has 0 aliphatic carbocycles. The number of aromatic nitrogens is 1. The van der Waals surface area contributed by atoms with E-state index in [0.29, 0.717) is 24.8 Å². The molecule has 88 valence electrons. The van der Waals surface area contributed by atoms with E-state index in [0.717, 1.165) is 5.56 Å². The first-order valence-corrected chi connectivity index (χ1v) is 5.64. The molecule has 0 atom stereocenters. The molecule has 1 saturated heterocycles. The summed E-state index contributed by atoms with van der Waals surface area (Å²) in [4.78, 5) is 5.95. The van der Waals surface area contributed by atoms with Crippen LogP contribution in [0.3, 0.4) is 0 Å². The zero-order valence-electron chi connectivity index (χ0n) is 8.80. The number of nitrogens with zero attached hydrogens (tertiary/aromatic N) is 2. The van der Waals surface area contributed by atoms with Gasteiger partial charge < -0.3 is 0 Å². The number of piperidine rings is 1. The van der Waals surface area contributed by atoms with Gasteiger partial charge in [-0.25, -0.2) is 13.8 Å². The van der Waals surface area contributed by atoms with Gasteiger partial charge in [-0.3, -0.25) is 4.90 Å². The van der Waals surface area contributed by atoms with Crippen molar-refractivity contribution in [2.75, 3.05) is 13.1 Å². The van der Waals surface area contributed by atoms with Crippen LogP contribution in [0, 0.1) is 0 Å². The molecule has 1 aliphatic heterocycles. The minimum absolute atomic E-state index is 0.0646. The Kier molecular flexibility index (Phi) is 3.40. The number of pyridine rings is 1.